The van der Waals surface area contributed by atoms with Crippen molar-refractivity contribution in [3.63, 3.8) is 0 Å². The lowest BCUT2D eigenvalue weighted by molar-refractivity contribution is 0.174. The topological polar surface area (TPSA) is 62.8 Å². The Labute approximate surface area is 169 Å². The number of anilines is 3. The molecule has 0 atom stereocenters. The summed E-state index contributed by atoms with van der Waals surface area (Å²) < 4.78 is 10.9. The summed E-state index contributed by atoms with van der Waals surface area (Å²) in [5.41, 5.74) is 2.23. The summed E-state index contributed by atoms with van der Waals surface area (Å²) in [6, 6.07) is 18.2. The second-order valence-corrected chi connectivity index (χ2v) is 7.18. The second-order valence-electron chi connectivity index (χ2n) is 7.18. The maximum absolute atomic E-state index is 5.49. The molecule has 0 bridgehead atoms. The molecule has 2 aliphatic heterocycles. The van der Waals surface area contributed by atoms with Crippen molar-refractivity contribution in [2.45, 2.75) is 6.54 Å². The van der Waals surface area contributed by atoms with Gasteiger partial charge in [-0.3, -0.25) is 4.90 Å². The Kier molecular flexibility index (Phi) is 4.88. The third-order valence-electron chi connectivity index (χ3n) is 5.21. The van der Waals surface area contributed by atoms with Crippen LogP contribution in [0.3, 0.4) is 0 Å². The van der Waals surface area contributed by atoms with Crippen molar-refractivity contribution in [2.75, 3.05) is 43.2 Å². The van der Waals surface area contributed by atoms with Crippen LogP contribution in [0.2, 0.25) is 0 Å². The fourth-order valence-corrected chi connectivity index (χ4v) is 3.67. The highest BCUT2D eigenvalue weighted by atomic mass is 16.7. The minimum atomic E-state index is 0.317. The van der Waals surface area contributed by atoms with Gasteiger partial charge in [-0.1, -0.05) is 24.3 Å². The van der Waals surface area contributed by atoms with Gasteiger partial charge in [-0.25, -0.2) is 4.98 Å². The van der Waals surface area contributed by atoms with E-state index >= 15 is 0 Å². The van der Waals surface area contributed by atoms with Crippen LogP contribution in [0.15, 0.2) is 60.8 Å². The summed E-state index contributed by atoms with van der Waals surface area (Å²) in [6.45, 7) is 5.07. The largest absolute Gasteiger partial charge is 0.454 e. The van der Waals surface area contributed by atoms with Gasteiger partial charge in [0.15, 0.2) is 11.5 Å². The molecule has 1 N–H and O–H groups in total. The number of fused-ring (bicyclic) bond motifs is 1. The maximum atomic E-state index is 5.49. The quantitative estimate of drug-likeness (QED) is 0.718. The van der Waals surface area contributed by atoms with Crippen molar-refractivity contribution in [3.8, 4) is 11.5 Å². The van der Waals surface area contributed by atoms with E-state index in [2.05, 4.69) is 32.2 Å². The summed E-state index contributed by atoms with van der Waals surface area (Å²) in [6.07, 6.45) is 1.81. The molecule has 1 saturated heterocycles. The van der Waals surface area contributed by atoms with E-state index in [-0.39, 0.29) is 0 Å². The summed E-state index contributed by atoms with van der Waals surface area (Å²) in [5.74, 6) is 3.26. The number of ether oxygens (including phenoxy) is 2. The van der Waals surface area contributed by atoms with Crippen LogP contribution in [0, 0.1) is 0 Å². The standard InChI is InChI=1S/C22H23N5O2/c1-2-4-18(5-3-1)24-22-23-9-8-21(25-22)27-12-10-26(11-13-27)15-17-6-7-19-20(14-17)29-16-28-19/h1-9,14H,10-13,15-16H2,(H,23,24,25). The SMILES string of the molecule is c1ccc(Nc2nccc(N3CCN(Cc4ccc5c(c4)OCO5)CC3)n2)cc1. The number of benzene rings is 2. The van der Waals surface area contributed by atoms with Gasteiger partial charge >= 0.3 is 0 Å². The molecule has 0 unspecified atom stereocenters. The van der Waals surface area contributed by atoms with Crippen molar-refractivity contribution < 1.29 is 9.47 Å². The van der Waals surface area contributed by atoms with Gasteiger partial charge in [0.25, 0.3) is 0 Å². The molecule has 29 heavy (non-hydrogen) atoms. The Bertz CT molecular complexity index is 974. The van der Waals surface area contributed by atoms with Gasteiger partial charge < -0.3 is 19.7 Å². The van der Waals surface area contributed by atoms with Crippen LogP contribution >= 0.6 is 0 Å². The Morgan fingerprint density at radius 3 is 2.59 bits per heavy atom. The van der Waals surface area contributed by atoms with Crippen LogP contribution in [0.25, 0.3) is 0 Å². The fourth-order valence-electron chi connectivity index (χ4n) is 3.67. The van der Waals surface area contributed by atoms with Gasteiger partial charge in [-0.15, -0.1) is 0 Å². The molecule has 1 fully saturated rings. The van der Waals surface area contributed by atoms with Crippen molar-refractivity contribution in [2.24, 2.45) is 0 Å². The summed E-state index contributed by atoms with van der Waals surface area (Å²) >= 11 is 0. The molecular formula is C22H23N5O2. The molecule has 7 nitrogen and oxygen atoms in total. The van der Waals surface area contributed by atoms with Gasteiger partial charge in [0.05, 0.1) is 0 Å². The molecule has 0 radical (unpaired) electrons. The minimum Gasteiger partial charge on any atom is -0.454 e. The minimum absolute atomic E-state index is 0.317. The number of para-hydroxylation sites is 1. The van der Waals surface area contributed by atoms with Crippen LogP contribution in [-0.2, 0) is 6.54 Å². The lowest BCUT2D eigenvalue weighted by atomic mass is 10.1. The molecule has 2 aromatic carbocycles. The number of hydrogen-bond acceptors (Lipinski definition) is 7. The molecule has 7 heteroatoms. The first kappa shape index (κ1) is 17.8. The van der Waals surface area contributed by atoms with Crippen molar-refractivity contribution >= 4 is 17.5 Å². The molecule has 0 amide bonds. The highest BCUT2D eigenvalue weighted by molar-refractivity contribution is 5.54. The van der Waals surface area contributed by atoms with Gasteiger partial charge in [0.2, 0.25) is 12.7 Å². The molecule has 1 aromatic heterocycles. The predicted octanol–water partition coefficient (Wildman–Crippen LogP) is 3.27. The smallest absolute Gasteiger partial charge is 0.231 e. The normalized spacial score (nSPS) is 16.1. The first-order valence-corrected chi connectivity index (χ1v) is 9.84. The van der Waals surface area contributed by atoms with Crippen molar-refractivity contribution in [1.82, 2.24) is 14.9 Å². The van der Waals surface area contributed by atoms with Gasteiger partial charge in [-0.05, 0) is 35.9 Å². The third-order valence-corrected chi connectivity index (χ3v) is 5.21. The van der Waals surface area contributed by atoms with Crippen LogP contribution in [0.1, 0.15) is 5.56 Å². The lowest BCUT2D eigenvalue weighted by Gasteiger charge is -2.35. The van der Waals surface area contributed by atoms with Crippen LogP contribution in [0.4, 0.5) is 17.5 Å². The summed E-state index contributed by atoms with van der Waals surface area (Å²) in [5, 5.41) is 3.26. The van der Waals surface area contributed by atoms with E-state index in [0.717, 1.165) is 55.7 Å². The number of nitrogens with zero attached hydrogens (tertiary/aromatic N) is 4. The lowest BCUT2D eigenvalue weighted by Crippen LogP contribution is -2.46. The number of aromatic nitrogens is 2. The molecular weight excluding hydrogens is 366 g/mol. The van der Waals surface area contributed by atoms with E-state index in [1.54, 1.807) is 0 Å². The van der Waals surface area contributed by atoms with Gasteiger partial charge in [0.1, 0.15) is 5.82 Å². The summed E-state index contributed by atoms with van der Waals surface area (Å²) in [4.78, 5) is 13.8. The average Bonchev–Trinajstić information content (AvgIpc) is 3.23. The molecule has 0 aliphatic carbocycles. The van der Waals surface area contributed by atoms with Crippen molar-refractivity contribution in [1.29, 1.82) is 0 Å². The predicted molar refractivity (Wildman–Crippen MR) is 112 cm³/mol. The van der Waals surface area contributed by atoms with E-state index in [1.807, 2.05) is 48.7 Å². The highest BCUT2D eigenvalue weighted by Crippen LogP contribution is 2.33. The molecule has 148 valence electrons. The fraction of sp³-hybridized carbons (Fsp3) is 0.273. The molecule has 3 heterocycles. The van der Waals surface area contributed by atoms with Gasteiger partial charge in [0, 0.05) is 44.6 Å². The Morgan fingerprint density at radius 2 is 1.72 bits per heavy atom. The molecule has 3 aromatic rings. The van der Waals surface area contributed by atoms with E-state index < -0.39 is 0 Å². The maximum Gasteiger partial charge on any atom is 0.231 e. The van der Waals surface area contributed by atoms with E-state index in [4.69, 9.17) is 14.5 Å². The highest BCUT2D eigenvalue weighted by Gasteiger charge is 2.20. The molecule has 5 rings (SSSR count). The van der Waals surface area contributed by atoms with E-state index in [1.165, 1.54) is 5.56 Å². The zero-order valence-electron chi connectivity index (χ0n) is 16.1. The molecule has 2 aliphatic rings. The number of nitrogens with one attached hydrogen (secondary N) is 1. The average molecular weight is 389 g/mol. The molecule has 0 spiro atoms. The van der Waals surface area contributed by atoms with E-state index in [0.29, 0.717) is 12.7 Å². The first-order valence-electron chi connectivity index (χ1n) is 9.84. The van der Waals surface area contributed by atoms with Crippen LogP contribution in [0.5, 0.6) is 11.5 Å². The number of hydrogen-bond donors (Lipinski definition) is 1. The van der Waals surface area contributed by atoms with Crippen LogP contribution < -0.4 is 19.7 Å². The molecule has 0 saturated carbocycles. The number of rotatable bonds is 5. The summed E-state index contributed by atoms with van der Waals surface area (Å²) in [7, 11) is 0. The van der Waals surface area contributed by atoms with Gasteiger partial charge in [-0.2, -0.15) is 4.98 Å². The second kappa shape index (κ2) is 7.97. The zero-order valence-corrected chi connectivity index (χ0v) is 16.1. The Balaban J connectivity index is 1.19. The zero-order chi connectivity index (χ0) is 19.5. The van der Waals surface area contributed by atoms with Crippen molar-refractivity contribution in [3.05, 3.63) is 66.4 Å². The Hall–Kier alpha value is -3.32. The van der Waals surface area contributed by atoms with Crippen LogP contribution in [-0.4, -0.2) is 47.8 Å². The monoisotopic (exact) mass is 389 g/mol. The first-order chi connectivity index (χ1) is 14.3. The number of piperazine rings is 1. The third kappa shape index (κ3) is 4.09. The van der Waals surface area contributed by atoms with E-state index in [9.17, 15) is 0 Å². The Morgan fingerprint density at radius 1 is 0.897 bits per heavy atom.